The van der Waals surface area contributed by atoms with Gasteiger partial charge in [0.05, 0.1) is 19.7 Å². The second kappa shape index (κ2) is 11.7. The Bertz CT molecular complexity index is 918. The zero-order valence-electron chi connectivity index (χ0n) is 18.9. The highest BCUT2D eigenvalue weighted by atomic mass is 19.4. The van der Waals surface area contributed by atoms with E-state index in [0.717, 1.165) is 24.8 Å². The van der Waals surface area contributed by atoms with Crippen LogP contribution < -0.4 is 10.1 Å². The number of amidine groups is 1. The van der Waals surface area contributed by atoms with E-state index in [1.54, 1.807) is 34.5 Å². The summed E-state index contributed by atoms with van der Waals surface area (Å²) in [5.74, 6) is -1.06. The molecule has 1 aromatic carbocycles. The van der Waals surface area contributed by atoms with Crippen LogP contribution in [0.2, 0.25) is 0 Å². The zero-order valence-corrected chi connectivity index (χ0v) is 18.9. The van der Waals surface area contributed by atoms with Crippen LogP contribution >= 0.6 is 0 Å². The van der Waals surface area contributed by atoms with E-state index in [9.17, 15) is 22.8 Å². The summed E-state index contributed by atoms with van der Waals surface area (Å²) in [6.07, 6.45) is -2.88. The number of rotatable bonds is 8. The maximum atomic E-state index is 12.5. The van der Waals surface area contributed by atoms with Crippen molar-refractivity contribution in [2.24, 2.45) is 9.98 Å². The van der Waals surface area contributed by atoms with E-state index in [2.05, 4.69) is 9.98 Å². The van der Waals surface area contributed by atoms with Crippen molar-refractivity contribution in [3.63, 3.8) is 0 Å². The van der Waals surface area contributed by atoms with Crippen molar-refractivity contribution >= 4 is 23.8 Å². The molecule has 1 aromatic rings. The van der Waals surface area contributed by atoms with Gasteiger partial charge < -0.3 is 14.4 Å². The number of benzene rings is 1. The molecule has 34 heavy (non-hydrogen) atoms. The highest BCUT2D eigenvalue weighted by Gasteiger charge is 2.40. The maximum Gasteiger partial charge on any atom is 0.471 e. The number of unbranched alkanes of at least 4 members (excludes halogenated alkanes) is 1. The minimum atomic E-state index is -4.97. The molecule has 0 saturated heterocycles. The molecular formula is C22H28F3N5O4. The third-order valence-corrected chi connectivity index (χ3v) is 5.16. The molecule has 0 unspecified atom stereocenters. The van der Waals surface area contributed by atoms with Crippen LogP contribution in [0.1, 0.15) is 31.7 Å². The second-order valence-electron chi connectivity index (χ2n) is 7.70. The van der Waals surface area contributed by atoms with Gasteiger partial charge in [-0.25, -0.2) is 4.79 Å². The molecule has 0 saturated carbocycles. The minimum Gasteiger partial charge on any atom is -0.492 e. The van der Waals surface area contributed by atoms with E-state index >= 15 is 0 Å². The highest BCUT2D eigenvalue weighted by Crippen LogP contribution is 2.18. The molecule has 0 bridgehead atoms. The van der Waals surface area contributed by atoms with Crippen LogP contribution in [-0.2, 0) is 9.53 Å². The summed E-state index contributed by atoms with van der Waals surface area (Å²) in [5, 5.41) is 1.79. The fraction of sp³-hybridized carbons (Fsp3) is 0.545. The predicted octanol–water partition coefficient (Wildman–Crippen LogP) is 2.80. The third kappa shape index (κ3) is 6.84. The van der Waals surface area contributed by atoms with Crippen LogP contribution in [0.3, 0.4) is 0 Å². The molecule has 2 aliphatic rings. The van der Waals surface area contributed by atoms with Gasteiger partial charge in [-0.15, -0.1) is 0 Å². The Kier molecular flexibility index (Phi) is 8.72. The smallest absolute Gasteiger partial charge is 0.471 e. The van der Waals surface area contributed by atoms with Gasteiger partial charge >= 0.3 is 18.2 Å². The number of carbonyl (C=O) groups is 2. The van der Waals surface area contributed by atoms with Gasteiger partial charge in [-0.2, -0.15) is 13.2 Å². The van der Waals surface area contributed by atoms with Crippen molar-refractivity contribution in [2.45, 2.75) is 32.4 Å². The Hall–Kier alpha value is -3.31. The lowest BCUT2D eigenvalue weighted by molar-refractivity contribution is -0.172. The Morgan fingerprint density at radius 2 is 1.85 bits per heavy atom. The Morgan fingerprint density at radius 1 is 1.09 bits per heavy atom. The molecule has 3 rings (SSSR count). The van der Waals surface area contributed by atoms with Gasteiger partial charge in [-0.05, 0) is 37.1 Å². The monoisotopic (exact) mass is 483 g/mol. The van der Waals surface area contributed by atoms with Gasteiger partial charge in [0.25, 0.3) is 0 Å². The number of halogens is 3. The number of amides is 2. The summed E-state index contributed by atoms with van der Waals surface area (Å²) in [7, 11) is 0. The molecule has 2 aliphatic heterocycles. The van der Waals surface area contributed by atoms with Crippen molar-refractivity contribution in [3.05, 3.63) is 29.8 Å². The third-order valence-electron chi connectivity index (χ3n) is 5.16. The zero-order chi connectivity index (χ0) is 24.6. The largest absolute Gasteiger partial charge is 0.492 e. The van der Waals surface area contributed by atoms with Gasteiger partial charge in [0, 0.05) is 25.2 Å². The molecule has 0 aromatic heterocycles. The average molecular weight is 483 g/mol. The van der Waals surface area contributed by atoms with Crippen LogP contribution in [0, 0.1) is 0 Å². The molecule has 9 nitrogen and oxygen atoms in total. The first-order chi connectivity index (χ1) is 16.3. The van der Waals surface area contributed by atoms with Crippen molar-refractivity contribution in [3.8, 4) is 5.75 Å². The van der Waals surface area contributed by atoms with E-state index < -0.39 is 18.2 Å². The first kappa shape index (κ1) is 25.3. The molecule has 12 heteroatoms. The molecule has 0 aliphatic carbocycles. The molecule has 2 heterocycles. The maximum absolute atomic E-state index is 12.5. The van der Waals surface area contributed by atoms with Crippen LogP contribution in [-0.4, -0.2) is 85.7 Å². The van der Waals surface area contributed by atoms with Gasteiger partial charge in [0.15, 0.2) is 0 Å². The molecule has 0 spiro atoms. The number of ether oxygens (including phenoxy) is 2. The van der Waals surface area contributed by atoms with Gasteiger partial charge in [-0.1, -0.05) is 13.3 Å². The number of alkyl halides is 3. The van der Waals surface area contributed by atoms with Crippen molar-refractivity contribution in [1.82, 2.24) is 15.1 Å². The number of hydrogen-bond donors (Lipinski definition) is 1. The van der Waals surface area contributed by atoms with Crippen LogP contribution in [0.4, 0.5) is 18.0 Å². The van der Waals surface area contributed by atoms with Crippen molar-refractivity contribution in [1.29, 1.82) is 0 Å². The summed E-state index contributed by atoms with van der Waals surface area (Å²) in [6, 6.07) is 7.05. The SMILES string of the molecule is CCCCOC(=O)N1CCCN=C1c1ccc(OCCN2CCN=C2NC(=O)C(F)(F)F)cc1. The summed E-state index contributed by atoms with van der Waals surface area (Å²) in [6.45, 7) is 4.66. The van der Waals surface area contributed by atoms with Gasteiger partial charge in [0.1, 0.15) is 18.2 Å². The topological polar surface area (TPSA) is 95.8 Å². The average Bonchev–Trinajstić information content (AvgIpc) is 3.26. The molecule has 0 atom stereocenters. The first-order valence-corrected chi connectivity index (χ1v) is 11.2. The normalized spacial score (nSPS) is 16.1. The highest BCUT2D eigenvalue weighted by molar-refractivity contribution is 6.06. The lowest BCUT2D eigenvalue weighted by Crippen LogP contribution is -2.47. The molecule has 1 N–H and O–H groups in total. The standard InChI is InChI=1S/C22H28F3N5O4/c1-2-3-14-34-21(32)30-11-4-9-26-18(30)16-5-7-17(8-6-16)33-15-13-29-12-10-27-20(29)28-19(31)22(23,24)25/h5-8H,2-4,9-15H2,1H3,(H,27,28,31). The summed E-state index contributed by atoms with van der Waals surface area (Å²) in [4.78, 5) is 35.0. The Balaban J connectivity index is 1.52. The van der Waals surface area contributed by atoms with Gasteiger partial charge in [0.2, 0.25) is 5.96 Å². The molecule has 2 amide bonds. The molecule has 0 radical (unpaired) electrons. The Morgan fingerprint density at radius 3 is 2.56 bits per heavy atom. The lowest BCUT2D eigenvalue weighted by Gasteiger charge is -2.27. The van der Waals surface area contributed by atoms with E-state index in [1.165, 1.54) is 4.90 Å². The van der Waals surface area contributed by atoms with Crippen LogP contribution in [0.15, 0.2) is 34.3 Å². The van der Waals surface area contributed by atoms with E-state index in [1.807, 2.05) is 6.92 Å². The number of carbonyl (C=O) groups excluding carboxylic acids is 2. The number of hydrogen-bond acceptors (Lipinski definition) is 7. The van der Waals surface area contributed by atoms with Crippen molar-refractivity contribution in [2.75, 3.05) is 45.9 Å². The predicted molar refractivity (Wildman–Crippen MR) is 119 cm³/mol. The molecule has 0 fully saturated rings. The van der Waals surface area contributed by atoms with Gasteiger partial charge in [-0.3, -0.25) is 25.0 Å². The first-order valence-electron chi connectivity index (χ1n) is 11.2. The number of nitrogens with zero attached hydrogens (tertiary/aromatic N) is 4. The van der Waals surface area contributed by atoms with E-state index in [0.29, 0.717) is 44.4 Å². The van der Waals surface area contributed by atoms with Crippen LogP contribution in [0.25, 0.3) is 0 Å². The lowest BCUT2D eigenvalue weighted by atomic mass is 10.1. The summed E-state index contributed by atoms with van der Waals surface area (Å²) >= 11 is 0. The van der Waals surface area contributed by atoms with E-state index in [4.69, 9.17) is 9.47 Å². The quantitative estimate of drug-likeness (QED) is 0.574. The second-order valence-corrected chi connectivity index (χ2v) is 7.70. The Labute approximate surface area is 195 Å². The van der Waals surface area contributed by atoms with Crippen LogP contribution in [0.5, 0.6) is 5.75 Å². The van der Waals surface area contributed by atoms with E-state index in [-0.39, 0.29) is 19.1 Å². The fourth-order valence-corrected chi connectivity index (χ4v) is 3.38. The number of aliphatic imine (C=N–C) groups is 2. The van der Waals surface area contributed by atoms with Crippen molar-refractivity contribution < 1.29 is 32.2 Å². The minimum absolute atomic E-state index is 0.109. The molecule has 186 valence electrons. The summed E-state index contributed by atoms with van der Waals surface area (Å²) in [5.41, 5.74) is 0.753. The fourth-order valence-electron chi connectivity index (χ4n) is 3.38. The number of nitrogens with one attached hydrogen (secondary N) is 1. The molecular weight excluding hydrogens is 455 g/mol. The summed E-state index contributed by atoms with van der Waals surface area (Å²) < 4.78 is 48.4. The number of guanidine groups is 1.